The first-order valence-electron chi connectivity index (χ1n) is 3.09. The number of rotatable bonds is 4. The molecular weight excluding hydrogens is 148 g/mol. The van der Waals surface area contributed by atoms with Crippen LogP contribution >= 0.6 is 23.5 Å². The number of thioether (sulfide) groups is 2. The van der Waals surface area contributed by atoms with Gasteiger partial charge in [-0.3, -0.25) is 0 Å². The van der Waals surface area contributed by atoms with Crippen LogP contribution in [0, 0.1) is 0 Å². The van der Waals surface area contributed by atoms with Crippen LogP contribution in [0.15, 0.2) is 11.0 Å². The van der Waals surface area contributed by atoms with E-state index in [0.29, 0.717) is 0 Å². The third kappa shape index (κ3) is 6.32. The zero-order valence-corrected chi connectivity index (χ0v) is 7.94. The Morgan fingerprint density at radius 3 is 2.67 bits per heavy atom. The predicted molar refractivity (Wildman–Crippen MR) is 50.3 cm³/mol. The Hall–Kier alpha value is 0.440. The highest BCUT2D eigenvalue weighted by Crippen LogP contribution is 2.13. The lowest BCUT2D eigenvalue weighted by molar-refractivity contribution is 1.51. The number of allylic oxidation sites excluding steroid dienone is 1. The van der Waals surface area contributed by atoms with Crippen molar-refractivity contribution in [1.29, 1.82) is 0 Å². The van der Waals surface area contributed by atoms with Crippen molar-refractivity contribution in [3.63, 3.8) is 0 Å². The Balaban J connectivity index is 3.30. The molecule has 0 aliphatic rings. The van der Waals surface area contributed by atoms with Gasteiger partial charge in [-0.05, 0) is 23.8 Å². The molecule has 0 nitrogen and oxygen atoms in total. The van der Waals surface area contributed by atoms with Gasteiger partial charge >= 0.3 is 0 Å². The van der Waals surface area contributed by atoms with Gasteiger partial charge < -0.3 is 0 Å². The average molecular weight is 162 g/mol. The van der Waals surface area contributed by atoms with E-state index in [1.165, 1.54) is 10.7 Å². The van der Waals surface area contributed by atoms with E-state index >= 15 is 0 Å². The van der Waals surface area contributed by atoms with Crippen molar-refractivity contribution in [3.05, 3.63) is 11.0 Å². The summed E-state index contributed by atoms with van der Waals surface area (Å²) < 4.78 is 0. The summed E-state index contributed by atoms with van der Waals surface area (Å²) in [6.45, 7) is 4.35. The average Bonchev–Trinajstić information content (AvgIpc) is 1.85. The summed E-state index contributed by atoms with van der Waals surface area (Å²) in [6.07, 6.45) is 4.40. The van der Waals surface area contributed by atoms with Crippen molar-refractivity contribution in [2.45, 2.75) is 13.8 Å². The highest BCUT2D eigenvalue weighted by Gasteiger charge is 1.84. The van der Waals surface area contributed by atoms with Gasteiger partial charge in [0.2, 0.25) is 0 Å². The van der Waals surface area contributed by atoms with Crippen molar-refractivity contribution >= 4 is 23.5 Å². The molecule has 54 valence electrons. The van der Waals surface area contributed by atoms with Crippen LogP contribution in [0.5, 0.6) is 0 Å². The molecule has 0 heterocycles. The largest absolute Gasteiger partial charge is 0.161 e. The van der Waals surface area contributed by atoms with Crippen LogP contribution in [-0.4, -0.2) is 17.8 Å². The van der Waals surface area contributed by atoms with E-state index in [1.807, 2.05) is 23.5 Å². The van der Waals surface area contributed by atoms with Gasteiger partial charge in [0.1, 0.15) is 0 Å². The van der Waals surface area contributed by atoms with Gasteiger partial charge in [0, 0.05) is 5.75 Å². The SMILES string of the molecule is CCS/C(C)=C\CSC. The molecule has 0 bridgehead atoms. The van der Waals surface area contributed by atoms with Gasteiger partial charge in [-0.1, -0.05) is 13.0 Å². The summed E-state index contributed by atoms with van der Waals surface area (Å²) in [4.78, 5) is 1.45. The van der Waals surface area contributed by atoms with E-state index in [2.05, 4.69) is 26.2 Å². The standard InChI is InChI=1S/C7H14S2/c1-4-9-7(2)5-6-8-3/h5H,4,6H2,1-3H3/b7-5-. The molecule has 0 amide bonds. The second-order valence-electron chi connectivity index (χ2n) is 1.70. The molecule has 0 atom stereocenters. The fraction of sp³-hybridized carbons (Fsp3) is 0.714. The molecule has 0 radical (unpaired) electrons. The molecule has 2 heteroatoms. The molecule has 0 fully saturated rings. The van der Waals surface area contributed by atoms with Gasteiger partial charge in [0.05, 0.1) is 0 Å². The van der Waals surface area contributed by atoms with Gasteiger partial charge in [-0.25, -0.2) is 0 Å². The van der Waals surface area contributed by atoms with Crippen LogP contribution in [-0.2, 0) is 0 Å². The molecule has 0 aromatic carbocycles. The van der Waals surface area contributed by atoms with Gasteiger partial charge in [-0.15, -0.1) is 11.8 Å². The molecule has 0 rings (SSSR count). The van der Waals surface area contributed by atoms with Gasteiger partial charge in [0.15, 0.2) is 0 Å². The van der Waals surface area contributed by atoms with Crippen molar-refractivity contribution in [1.82, 2.24) is 0 Å². The van der Waals surface area contributed by atoms with E-state index in [0.717, 1.165) is 5.75 Å². The molecule has 0 N–H and O–H groups in total. The first-order valence-corrected chi connectivity index (χ1v) is 5.47. The van der Waals surface area contributed by atoms with E-state index < -0.39 is 0 Å². The third-order valence-corrected chi connectivity index (χ3v) is 2.32. The molecule has 0 saturated heterocycles. The van der Waals surface area contributed by atoms with E-state index in [-0.39, 0.29) is 0 Å². The topological polar surface area (TPSA) is 0 Å². The molecule has 0 spiro atoms. The number of hydrogen-bond donors (Lipinski definition) is 0. The summed E-state index contributed by atoms with van der Waals surface area (Å²) in [5, 5.41) is 0. The quantitative estimate of drug-likeness (QED) is 0.623. The van der Waals surface area contributed by atoms with Gasteiger partial charge in [-0.2, -0.15) is 11.8 Å². The zero-order valence-electron chi connectivity index (χ0n) is 6.31. The van der Waals surface area contributed by atoms with E-state index in [9.17, 15) is 0 Å². The maximum absolute atomic E-state index is 2.28. The second kappa shape index (κ2) is 6.56. The molecule has 0 aliphatic carbocycles. The Labute approximate surface area is 66.5 Å². The van der Waals surface area contributed by atoms with Crippen molar-refractivity contribution in [2.75, 3.05) is 17.8 Å². The second-order valence-corrected chi connectivity index (χ2v) is 4.12. The van der Waals surface area contributed by atoms with Crippen LogP contribution < -0.4 is 0 Å². The summed E-state index contributed by atoms with van der Waals surface area (Å²) in [5.41, 5.74) is 0. The predicted octanol–water partition coefficient (Wildman–Crippen LogP) is 3.01. The lowest BCUT2D eigenvalue weighted by Crippen LogP contribution is -1.72. The highest BCUT2D eigenvalue weighted by molar-refractivity contribution is 8.03. The molecule has 9 heavy (non-hydrogen) atoms. The fourth-order valence-corrected chi connectivity index (χ4v) is 1.67. The summed E-state index contributed by atoms with van der Waals surface area (Å²) in [6, 6.07) is 0. The normalized spacial score (nSPS) is 12.1. The Bertz CT molecular complexity index is 86.9. The van der Waals surface area contributed by atoms with Crippen LogP contribution in [0.3, 0.4) is 0 Å². The number of hydrogen-bond acceptors (Lipinski definition) is 2. The maximum Gasteiger partial charge on any atom is 0.0121 e. The first kappa shape index (κ1) is 9.44. The minimum atomic E-state index is 1.15. The monoisotopic (exact) mass is 162 g/mol. The lowest BCUT2D eigenvalue weighted by atomic mass is 10.6. The van der Waals surface area contributed by atoms with Crippen molar-refractivity contribution < 1.29 is 0 Å². The molecule has 0 aromatic heterocycles. The minimum absolute atomic E-state index is 1.15. The van der Waals surface area contributed by atoms with Crippen molar-refractivity contribution in [3.8, 4) is 0 Å². The third-order valence-electron chi connectivity index (χ3n) is 0.909. The highest BCUT2D eigenvalue weighted by atomic mass is 32.2. The summed E-state index contributed by atoms with van der Waals surface area (Å²) >= 11 is 3.79. The van der Waals surface area contributed by atoms with Crippen LogP contribution in [0.1, 0.15) is 13.8 Å². The van der Waals surface area contributed by atoms with E-state index in [1.54, 1.807) is 0 Å². The zero-order chi connectivity index (χ0) is 7.11. The smallest absolute Gasteiger partial charge is 0.0121 e. The first-order chi connectivity index (χ1) is 4.31. The van der Waals surface area contributed by atoms with Gasteiger partial charge in [0.25, 0.3) is 0 Å². The lowest BCUT2D eigenvalue weighted by Gasteiger charge is -1.94. The molecule has 0 unspecified atom stereocenters. The minimum Gasteiger partial charge on any atom is -0.161 e. The van der Waals surface area contributed by atoms with Crippen LogP contribution in [0.2, 0.25) is 0 Å². The Morgan fingerprint density at radius 1 is 1.56 bits per heavy atom. The maximum atomic E-state index is 2.28. The fourth-order valence-electron chi connectivity index (χ4n) is 0.487. The van der Waals surface area contributed by atoms with E-state index in [4.69, 9.17) is 0 Å². The Kier molecular flexibility index (Phi) is 6.88. The molecule has 0 saturated carbocycles. The molecular formula is C7H14S2. The Morgan fingerprint density at radius 2 is 2.22 bits per heavy atom. The van der Waals surface area contributed by atoms with Crippen LogP contribution in [0.4, 0.5) is 0 Å². The van der Waals surface area contributed by atoms with Crippen LogP contribution in [0.25, 0.3) is 0 Å². The molecule has 0 aromatic rings. The summed E-state index contributed by atoms with van der Waals surface area (Å²) in [7, 11) is 0. The molecule has 0 aliphatic heterocycles. The summed E-state index contributed by atoms with van der Waals surface area (Å²) in [5.74, 6) is 2.34. The van der Waals surface area contributed by atoms with Crippen molar-refractivity contribution in [2.24, 2.45) is 0 Å².